The monoisotopic (exact) mass is 325 g/mol. The number of benzene rings is 2. The van der Waals surface area contributed by atoms with E-state index >= 15 is 0 Å². The van der Waals surface area contributed by atoms with Gasteiger partial charge in [0.2, 0.25) is 0 Å². The summed E-state index contributed by atoms with van der Waals surface area (Å²) in [4.78, 5) is 0. The third kappa shape index (κ3) is 2.81. The molecule has 0 atom stereocenters. The third-order valence-corrected chi connectivity index (χ3v) is 3.07. The van der Waals surface area contributed by atoms with Crippen molar-refractivity contribution in [3.05, 3.63) is 57.3 Å². The minimum absolute atomic E-state index is 0.290. The highest BCUT2D eigenvalue weighted by Gasteiger charge is 2.09. The molecule has 0 N–H and O–H groups in total. The Morgan fingerprint density at radius 2 is 1.94 bits per heavy atom. The summed E-state index contributed by atoms with van der Waals surface area (Å²) in [5.41, 5.74) is 0.290. The Balaban J connectivity index is 2.40. The fraction of sp³-hybridized carbons (Fsp3) is 0. The Hall–Kier alpha value is -1.57. The molecule has 0 saturated carbocycles. The van der Waals surface area contributed by atoms with E-state index in [1.165, 1.54) is 24.3 Å². The third-order valence-electron chi connectivity index (χ3n) is 2.18. The van der Waals surface area contributed by atoms with E-state index in [1.54, 1.807) is 12.1 Å². The lowest BCUT2D eigenvalue weighted by molar-refractivity contribution is 0.472. The van der Waals surface area contributed by atoms with Gasteiger partial charge in [-0.05, 0) is 46.3 Å². The summed E-state index contributed by atoms with van der Waals surface area (Å²) in [5, 5.41) is 9.41. The number of nitrogens with zero attached hydrogens (tertiary/aromatic N) is 1. The van der Waals surface area contributed by atoms with Crippen LogP contribution in [-0.4, -0.2) is 0 Å². The van der Waals surface area contributed by atoms with Crippen molar-refractivity contribution >= 4 is 27.5 Å². The molecule has 2 nitrogen and oxygen atoms in total. The predicted octanol–water partition coefficient (Wildman–Crippen LogP) is 4.91. The maximum Gasteiger partial charge on any atom is 0.145 e. The van der Waals surface area contributed by atoms with Gasteiger partial charge in [0.1, 0.15) is 23.4 Å². The second-order valence-corrected chi connectivity index (χ2v) is 4.72. The van der Waals surface area contributed by atoms with Crippen molar-refractivity contribution in [3.63, 3.8) is 0 Å². The lowest BCUT2D eigenvalue weighted by atomic mass is 10.2. The van der Waals surface area contributed by atoms with Gasteiger partial charge in [-0.3, -0.25) is 0 Å². The summed E-state index contributed by atoms with van der Waals surface area (Å²) in [6.45, 7) is 0. The molecule has 5 heteroatoms. The molecule has 0 aliphatic carbocycles. The van der Waals surface area contributed by atoms with Crippen LogP contribution in [0.2, 0.25) is 5.02 Å². The molecule has 0 heterocycles. The summed E-state index contributed by atoms with van der Waals surface area (Å²) < 4.78 is 19.2. The van der Waals surface area contributed by atoms with Crippen molar-refractivity contribution in [2.45, 2.75) is 0 Å². The van der Waals surface area contributed by atoms with E-state index < -0.39 is 5.82 Å². The van der Waals surface area contributed by atoms with Crippen LogP contribution in [-0.2, 0) is 0 Å². The van der Waals surface area contributed by atoms with Gasteiger partial charge in [-0.15, -0.1) is 0 Å². The van der Waals surface area contributed by atoms with E-state index in [0.29, 0.717) is 26.6 Å². The van der Waals surface area contributed by atoms with Crippen molar-refractivity contribution in [1.29, 1.82) is 5.26 Å². The first kappa shape index (κ1) is 12.9. The van der Waals surface area contributed by atoms with E-state index in [1.807, 2.05) is 6.07 Å². The normalized spacial score (nSPS) is 9.89. The highest BCUT2D eigenvalue weighted by molar-refractivity contribution is 9.10. The SMILES string of the molecule is N#Cc1cc(Cl)ccc1Oc1cc(F)ccc1Br. The maximum atomic E-state index is 13.1. The van der Waals surface area contributed by atoms with Gasteiger partial charge in [0.15, 0.2) is 0 Å². The van der Waals surface area contributed by atoms with Crippen LogP contribution in [0, 0.1) is 17.1 Å². The van der Waals surface area contributed by atoms with Gasteiger partial charge in [0, 0.05) is 11.1 Å². The van der Waals surface area contributed by atoms with Gasteiger partial charge in [0.25, 0.3) is 0 Å². The van der Waals surface area contributed by atoms with Gasteiger partial charge in [0.05, 0.1) is 10.0 Å². The van der Waals surface area contributed by atoms with Crippen molar-refractivity contribution in [2.75, 3.05) is 0 Å². The molecule has 0 spiro atoms. The second kappa shape index (κ2) is 5.38. The standard InChI is InChI=1S/C13H6BrClFNO/c14-11-3-2-10(16)6-13(11)18-12-4-1-9(15)5-8(12)7-17/h1-6H. The van der Waals surface area contributed by atoms with Gasteiger partial charge >= 0.3 is 0 Å². The average Bonchev–Trinajstić information content (AvgIpc) is 2.36. The van der Waals surface area contributed by atoms with Crippen molar-refractivity contribution in [3.8, 4) is 17.6 Å². The Morgan fingerprint density at radius 1 is 1.17 bits per heavy atom. The lowest BCUT2D eigenvalue weighted by Crippen LogP contribution is -1.90. The Morgan fingerprint density at radius 3 is 2.67 bits per heavy atom. The molecular formula is C13H6BrClFNO. The van der Waals surface area contributed by atoms with Gasteiger partial charge in [-0.25, -0.2) is 4.39 Å². The number of hydrogen-bond acceptors (Lipinski definition) is 2. The van der Waals surface area contributed by atoms with Crippen molar-refractivity contribution in [1.82, 2.24) is 0 Å². The molecule has 90 valence electrons. The summed E-state index contributed by atoms with van der Waals surface area (Å²) in [5.74, 6) is 0.211. The summed E-state index contributed by atoms with van der Waals surface area (Å²) in [7, 11) is 0. The zero-order chi connectivity index (χ0) is 13.1. The summed E-state index contributed by atoms with van der Waals surface area (Å²) in [6, 6.07) is 10.7. The first-order valence-electron chi connectivity index (χ1n) is 4.92. The number of halogens is 3. The molecule has 18 heavy (non-hydrogen) atoms. The van der Waals surface area contributed by atoms with Crippen LogP contribution in [0.25, 0.3) is 0 Å². The first-order valence-corrected chi connectivity index (χ1v) is 6.10. The quantitative estimate of drug-likeness (QED) is 0.786. The first-order chi connectivity index (χ1) is 8.60. The molecule has 2 aromatic carbocycles. The van der Waals surface area contributed by atoms with Crippen LogP contribution in [0.15, 0.2) is 40.9 Å². The molecular weight excluding hydrogens is 321 g/mol. The van der Waals surface area contributed by atoms with Crippen LogP contribution in [0.3, 0.4) is 0 Å². The van der Waals surface area contributed by atoms with E-state index in [4.69, 9.17) is 21.6 Å². The maximum absolute atomic E-state index is 13.1. The van der Waals surface area contributed by atoms with Crippen LogP contribution in [0.4, 0.5) is 4.39 Å². The largest absolute Gasteiger partial charge is 0.455 e. The average molecular weight is 327 g/mol. The smallest absolute Gasteiger partial charge is 0.145 e. The van der Waals surface area contributed by atoms with E-state index in [-0.39, 0.29) is 0 Å². The fourth-order valence-electron chi connectivity index (χ4n) is 1.35. The molecule has 0 radical (unpaired) electrons. The highest BCUT2D eigenvalue weighted by Crippen LogP contribution is 2.32. The number of ether oxygens (including phenoxy) is 1. The minimum Gasteiger partial charge on any atom is -0.455 e. The van der Waals surface area contributed by atoms with Crippen LogP contribution >= 0.6 is 27.5 Å². The van der Waals surface area contributed by atoms with Crippen molar-refractivity contribution < 1.29 is 9.13 Å². The van der Waals surface area contributed by atoms with E-state index in [9.17, 15) is 4.39 Å². The molecule has 0 aliphatic rings. The molecule has 2 rings (SSSR count). The molecule has 0 saturated heterocycles. The van der Waals surface area contributed by atoms with Gasteiger partial charge in [-0.1, -0.05) is 11.6 Å². The minimum atomic E-state index is -0.416. The van der Waals surface area contributed by atoms with Gasteiger partial charge in [-0.2, -0.15) is 5.26 Å². The van der Waals surface area contributed by atoms with Crippen LogP contribution in [0.1, 0.15) is 5.56 Å². The molecule has 2 aromatic rings. The predicted molar refractivity (Wildman–Crippen MR) is 70.3 cm³/mol. The van der Waals surface area contributed by atoms with Crippen LogP contribution < -0.4 is 4.74 Å². The Bertz CT molecular complexity index is 639. The Kier molecular flexibility index (Phi) is 3.85. The zero-order valence-corrected chi connectivity index (χ0v) is 11.3. The molecule has 0 aromatic heterocycles. The van der Waals surface area contributed by atoms with Crippen molar-refractivity contribution in [2.24, 2.45) is 0 Å². The molecule has 0 aliphatic heterocycles. The van der Waals surface area contributed by atoms with Crippen LogP contribution in [0.5, 0.6) is 11.5 Å². The van der Waals surface area contributed by atoms with Gasteiger partial charge < -0.3 is 4.74 Å². The number of rotatable bonds is 2. The van der Waals surface area contributed by atoms with E-state index in [0.717, 1.165) is 0 Å². The lowest BCUT2D eigenvalue weighted by Gasteiger charge is -2.09. The molecule has 0 unspecified atom stereocenters. The summed E-state index contributed by atoms with van der Waals surface area (Å²) in [6.07, 6.45) is 0. The second-order valence-electron chi connectivity index (χ2n) is 3.43. The number of nitriles is 1. The molecule has 0 fully saturated rings. The zero-order valence-electron chi connectivity index (χ0n) is 8.95. The van der Waals surface area contributed by atoms with E-state index in [2.05, 4.69) is 15.9 Å². The Labute approximate surface area is 117 Å². The molecule has 0 bridgehead atoms. The highest BCUT2D eigenvalue weighted by atomic mass is 79.9. The topological polar surface area (TPSA) is 33.0 Å². The molecule has 0 amide bonds. The number of hydrogen-bond donors (Lipinski definition) is 0. The summed E-state index contributed by atoms with van der Waals surface area (Å²) >= 11 is 9.03. The fourth-order valence-corrected chi connectivity index (χ4v) is 1.85.